The molecule has 1 N–H and O–H groups in total. The van der Waals surface area contributed by atoms with E-state index in [9.17, 15) is 0 Å². The Balaban J connectivity index is 1.95. The van der Waals surface area contributed by atoms with Gasteiger partial charge in [0.05, 0.1) is 6.20 Å². The smallest absolute Gasteiger partial charge is 0.0534 e. The number of nitrogens with zero attached hydrogens (tertiary/aromatic N) is 3. The van der Waals surface area contributed by atoms with Crippen molar-refractivity contribution in [3.8, 4) is 0 Å². The van der Waals surface area contributed by atoms with Gasteiger partial charge in [0.15, 0.2) is 0 Å². The van der Waals surface area contributed by atoms with Gasteiger partial charge in [-0.15, -0.1) is 0 Å². The molecule has 1 aliphatic carbocycles. The van der Waals surface area contributed by atoms with Crippen molar-refractivity contribution in [2.75, 3.05) is 20.1 Å². The summed E-state index contributed by atoms with van der Waals surface area (Å²) in [5.41, 5.74) is 1.71. The van der Waals surface area contributed by atoms with Gasteiger partial charge < -0.3 is 10.2 Å². The normalized spacial score (nSPS) is 25.4. The van der Waals surface area contributed by atoms with E-state index >= 15 is 0 Å². The molecule has 1 aromatic rings. The Morgan fingerprint density at radius 2 is 2.24 bits per heavy atom. The van der Waals surface area contributed by atoms with Gasteiger partial charge in [0.1, 0.15) is 0 Å². The largest absolute Gasteiger partial charge is 0.313 e. The van der Waals surface area contributed by atoms with Gasteiger partial charge in [-0.05, 0) is 37.8 Å². The molecule has 0 amide bonds. The second kappa shape index (κ2) is 6.93. The quantitative estimate of drug-likeness (QED) is 0.875. The maximum absolute atomic E-state index is 4.26. The molecule has 0 bridgehead atoms. The number of rotatable bonds is 6. The summed E-state index contributed by atoms with van der Waals surface area (Å²) in [6, 6.07) is 0.632. The van der Waals surface area contributed by atoms with E-state index in [1.54, 1.807) is 0 Å². The summed E-state index contributed by atoms with van der Waals surface area (Å²) in [6.45, 7) is 10.3. The van der Waals surface area contributed by atoms with E-state index in [0.29, 0.717) is 11.5 Å². The summed E-state index contributed by atoms with van der Waals surface area (Å²) in [5, 5.41) is 8.02. The molecule has 0 aromatic carbocycles. The molecule has 0 saturated heterocycles. The minimum absolute atomic E-state index is 0.411. The second-order valence-electron chi connectivity index (χ2n) is 7.40. The molecule has 2 atom stereocenters. The summed E-state index contributed by atoms with van der Waals surface area (Å²) >= 11 is 0. The molecule has 0 aliphatic heterocycles. The van der Waals surface area contributed by atoms with Crippen molar-refractivity contribution in [3.63, 3.8) is 0 Å². The highest BCUT2D eigenvalue weighted by molar-refractivity contribution is 5.03. The van der Waals surface area contributed by atoms with Gasteiger partial charge in [0, 0.05) is 37.9 Å². The van der Waals surface area contributed by atoms with Gasteiger partial charge in [-0.1, -0.05) is 27.2 Å². The second-order valence-corrected chi connectivity index (χ2v) is 7.40. The van der Waals surface area contributed by atoms with E-state index in [2.05, 4.69) is 49.3 Å². The molecule has 120 valence electrons. The zero-order valence-electron chi connectivity index (χ0n) is 14.4. The molecule has 1 saturated carbocycles. The third-order valence-corrected chi connectivity index (χ3v) is 4.89. The van der Waals surface area contributed by atoms with Crippen LogP contribution in [0, 0.1) is 11.3 Å². The molecule has 2 rings (SSSR count). The molecule has 0 spiro atoms. The molecular formula is C17H32N4. The molecule has 1 aromatic heterocycles. The Labute approximate surface area is 129 Å². The lowest BCUT2D eigenvalue weighted by atomic mass is 9.67. The van der Waals surface area contributed by atoms with E-state index in [1.165, 1.54) is 24.8 Å². The molecule has 1 fully saturated rings. The van der Waals surface area contributed by atoms with Crippen LogP contribution in [0.5, 0.6) is 0 Å². The average molecular weight is 292 g/mol. The average Bonchev–Trinajstić information content (AvgIpc) is 2.78. The van der Waals surface area contributed by atoms with Crippen LogP contribution in [0.15, 0.2) is 12.4 Å². The van der Waals surface area contributed by atoms with Crippen molar-refractivity contribution in [2.24, 2.45) is 18.4 Å². The zero-order chi connectivity index (χ0) is 15.5. The minimum atomic E-state index is 0.411. The van der Waals surface area contributed by atoms with E-state index in [0.717, 1.165) is 25.6 Å². The zero-order valence-corrected chi connectivity index (χ0v) is 14.4. The Morgan fingerprint density at radius 3 is 2.86 bits per heavy atom. The first-order valence-corrected chi connectivity index (χ1v) is 8.32. The predicted molar refractivity (Wildman–Crippen MR) is 88.1 cm³/mol. The third kappa shape index (κ3) is 4.30. The maximum Gasteiger partial charge on any atom is 0.0534 e. The van der Waals surface area contributed by atoms with Crippen LogP contribution in [0.2, 0.25) is 0 Å². The monoisotopic (exact) mass is 292 g/mol. The number of hydrogen-bond donors (Lipinski definition) is 1. The van der Waals surface area contributed by atoms with Crippen LogP contribution >= 0.6 is 0 Å². The number of aryl methyl sites for hydroxylation is 1. The first-order chi connectivity index (χ1) is 9.92. The van der Waals surface area contributed by atoms with Gasteiger partial charge in [-0.3, -0.25) is 4.68 Å². The summed E-state index contributed by atoms with van der Waals surface area (Å²) in [7, 11) is 4.21. The van der Waals surface area contributed by atoms with E-state index in [1.807, 2.05) is 17.9 Å². The van der Waals surface area contributed by atoms with Crippen molar-refractivity contribution in [1.29, 1.82) is 0 Å². The highest BCUT2D eigenvalue weighted by Gasteiger charge is 2.38. The van der Waals surface area contributed by atoms with E-state index in [-0.39, 0.29) is 0 Å². The topological polar surface area (TPSA) is 33.1 Å². The lowest BCUT2D eigenvalue weighted by molar-refractivity contribution is 0.0848. The van der Waals surface area contributed by atoms with Crippen LogP contribution in [0.3, 0.4) is 0 Å². The van der Waals surface area contributed by atoms with Gasteiger partial charge in [-0.25, -0.2) is 0 Å². The Kier molecular flexibility index (Phi) is 5.44. The summed E-state index contributed by atoms with van der Waals surface area (Å²) < 4.78 is 1.88. The number of hydrogen-bond acceptors (Lipinski definition) is 3. The van der Waals surface area contributed by atoms with E-state index in [4.69, 9.17) is 0 Å². The summed E-state index contributed by atoms with van der Waals surface area (Å²) in [5.74, 6) is 0.746. The molecule has 2 unspecified atom stereocenters. The van der Waals surface area contributed by atoms with Gasteiger partial charge in [0.2, 0.25) is 0 Å². The first kappa shape index (κ1) is 16.5. The molecule has 4 heteroatoms. The molecule has 1 aliphatic rings. The van der Waals surface area contributed by atoms with Crippen molar-refractivity contribution in [2.45, 2.75) is 52.6 Å². The van der Waals surface area contributed by atoms with Crippen LogP contribution in [0.4, 0.5) is 0 Å². The van der Waals surface area contributed by atoms with Crippen molar-refractivity contribution < 1.29 is 0 Å². The Morgan fingerprint density at radius 1 is 1.48 bits per heavy atom. The van der Waals surface area contributed by atoms with Gasteiger partial charge in [0.25, 0.3) is 0 Å². The molecule has 0 radical (unpaired) electrons. The third-order valence-electron chi connectivity index (χ3n) is 4.89. The lowest BCUT2D eigenvalue weighted by Gasteiger charge is -2.45. The summed E-state index contributed by atoms with van der Waals surface area (Å²) in [6.07, 6.45) is 8.14. The number of aromatic nitrogens is 2. The molecule has 4 nitrogen and oxygen atoms in total. The fourth-order valence-corrected chi connectivity index (χ4v) is 3.97. The molecule has 1 heterocycles. The summed E-state index contributed by atoms with van der Waals surface area (Å²) in [4.78, 5) is 2.45. The van der Waals surface area contributed by atoms with Crippen molar-refractivity contribution in [1.82, 2.24) is 20.0 Å². The van der Waals surface area contributed by atoms with Gasteiger partial charge >= 0.3 is 0 Å². The van der Waals surface area contributed by atoms with Crippen LogP contribution in [-0.2, 0) is 13.6 Å². The molecule has 21 heavy (non-hydrogen) atoms. The van der Waals surface area contributed by atoms with Crippen molar-refractivity contribution >= 4 is 0 Å². The van der Waals surface area contributed by atoms with Crippen LogP contribution in [-0.4, -0.2) is 40.9 Å². The fourth-order valence-electron chi connectivity index (χ4n) is 3.97. The Bertz CT molecular complexity index is 438. The highest BCUT2D eigenvalue weighted by Crippen LogP contribution is 2.39. The lowest BCUT2D eigenvalue weighted by Crippen LogP contribution is -2.52. The number of nitrogens with one attached hydrogen (secondary N) is 1. The van der Waals surface area contributed by atoms with Crippen molar-refractivity contribution in [3.05, 3.63) is 18.0 Å². The molecular weight excluding hydrogens is 260 g/mol. The van der Waals surface area contributed by atoms with Crippen LogP contribution < -0.4 is 5.32 Å². The minimum Gasteiger partial charge on any atom is -0.313 e. The predicted octanol–water partition coefficient (Wildman–Crippen LogP) is 2.66. The first-order valence-electron chi connectivity index (χ1n) is 8.32. The van der Waals surface area contributed by atoms with E-state index < -0.39 is 0 Å². The van der Waals surface area contributed by atoms with Crippen LogP contribution in [0.1, 0.15) is 45.6 Å². The Hall–Kier alpha value is -0.870. The SMILES string of the molecule is CCNC1C(CN(C)Cc2cnn(C)c2)CCCC1(C)C. The van der Waals surface area contributed by atoms with Crippen LogP contribution in [0.25, 0.3) is 0 Å². The standard InChI is InChI=1S/C17H32N4/c1-6-18-16-15(8-7-9-17(16,2)3)13-20(4)11-14-10-19-21(5)12-14/h10,12,15-16,18H,6-9,11,13H2,1-5H3. The van der Waals surface area contributed by atoms with Gasteiger partial charge in [-0.2, -0.15) is 5.10 Å². The maximum atomic E-state index is 4.26. The highest BCUT2D eigenvalue weighted by atomic mass is 15.2. The fraction of sp³-hybridized carbons (Fsp3) is 0.824.